The maximum Gasteiger partial charge on any atom is 0.234 e. The van der Waals surface area contributed by atoms with Gasteiger partial charge in [-0.3, -0.25) is 14.9 Å². The van der Waals surface area contributed by atoms with Crippen LogP contribution in [0.15, 0.2) is 58.4 Å². The van der Waals surface area contributed by atoms with Gasteiger partial charge in [0.2, 0.25) is 11.1 Å². The Hall–Kier alpha value is -2.19. The first-order valence-electron chi connectivity index (χ1n) is 6.72. The lowest BCUT2D eigenvalue weighted by molar-refractivity contribution is -0.113. The molecule has 0 atom stereocenters. The first-order valence-corrected chi connectivity index (χ1v) is 8.50. The number of hydrogen-bond acceptors (Lipinski definition) is 5. The van der Waals surface area contributed by atoms with E-state index < -0.39 is 0 Å². The highest BCUT2D eigenvalue weighted by Crippen LogP contribution is 2.22. The highest BCUT2D eigenvalue weighted by Gasteiger charge is 2.10. The average Bonchev–Trinajstić information content (AvgIpc) is 3.05. The van der Waals surface area contributed by atoms with Crippen molar-refractivity contribution in [3.63, 3.8) is 0 Å². The quantitative estimate of drug-likeness (QED) is 0.653. The van der Waals surface area contributed by atoms with Crippen molar-refractivity contribution in [1.29, 1.82) is 0 Å². The number of anilines is 1. The molecule has 6 nitrogen and oxygen atoms in total. The van der Waals surface area contributed by atoms with Crippen LogP contribution in [0.25, 0.3) is 11.4 Å². The van der Waals surface area contributed by atoms with E-state index in [0.29, 0.717) is 11.0 Å². The summed E-state index contributed by atoms with van der Waals surface area (Å²) >= 11 is 4.67. The Morgan fingerprint density at radius 2 is 2.00 bits per heavy atom. The number of amides is 1. The first kappa shape index (κ1) is 15.7. The Labute approximate surface area is 145 Å². The van der Waals surface area contributed by atoms with Crippen molar-refractivity contribution in [1.82, 2.24) is 20.2 Å². The SMILES string of the molecule is O=C(CSc1n[nH]c(-c2ccncc2)n1)Nc1ccccc1Br. The molecule has 2 N–H and O–H groups in total. The summed E-state index contributed by atoms with van der Waals surface area (Å²) in [5, 5.41) is 10.3. The molecule has 0 aliphatic rings. The fraction of sp³-hybridized carbons (Fsp3) is 0.0667. The molecule has 3 rings (SSSR count). The number of carbonyl (C=O) groups excluding carboxylic acids is 1. The van der Waals surface area contributed by atoms with Gasteiger partial charge in [0.1, 0.15) is 0 Å². The molecule has 23 heavy (non-hydrogen) atoms. The predicted octanol–water partition coefficient (Wildman–Crippen LogP) is 3.36. The molecule has 0 bridgehead atoms. The van der Waals surface area contributed by atoms with Gasteiger partial charge in [0.05, 0.1) is 11.4 Å². The van der Waals surface area contributed by atoms with Gasteiger partial charge in [-0.05, 0) is 40.2 Å². The van der Waals surface area contributed by atoms with Gasteiger partial charge in [-0.2, -0.15) is 0 Å². The van der Waals surface area contributed by atoms with Crippen molar-refractivity contribution in [2.45, 2.75) is 5.16 Å². The third-order valence-electron chi connectivity index (χ3n) is 2.90. The number of aromatic nitrogens is 4. The van der Waals surface area contributed by atoms with E-state index in [2.05, 4.69) is 41.4 Å². The Kier molecular flexibility index (Phi) is 5.04. The van der Waals surface area contributed by atoms with E-state index in [-0.39, 0.29) is 11.7 Å². The second-order valence-electron chi connectivity index (χ2n) is 4.52. The molecule has 0 radical (unpaired) electrons. The number of pyridine rings is 1. The topological polar surface area (TPSA) is 83.6 Å². The van der Waals surface area contributed by atoms with Crippen molar-refractivity contribution < 1.29 is 4.79 Å². The number of nitrogens with zero attached hydrogens (tertiary/aromatic N) is 3. The Morgan fingerprint density at radius 3 is 2.78 bits per heavy atom. The van der Waals surface area contributed by atoms with Crippen molar-refractivity contribution >= 4 is 39.3 Å². The van der Waals surface area contributed by atoms with E-state index in [1.165, 1.54) is 11.8 Å². The zero-order chi connectivity index (χ0) is 16.1. The Balaban J connectivity index is 1.58. The molecule has 3 aromatic rings. The molecule has 2 heterocycles. The first-order chi connectivity index (χ1) is 11.2. The summed E-state index contributed by atoms with van der Waals surface area (Å²) in [6.07, 6.45) is 3.38. The largest absolute Gasteiger partial charge is 0.324 e. The van der Waals surface area contributed by atoms with Crippen molar-refractivity contribution in [3.05, 3.63) is 53.3 Å². The van der Waals surface area contributed by atoms with Gasteiger partial charge in [-0.1, -0.05) is 23.9 Å². The van der Waals surface area contributed by atoms with Crippen molar-refractivity contribution in [3.8, 4) is 11.4 Å². The monoisotopic (exact) mass is 389 g/mol. The van der Waals surface area contributed by atoms with Crippen LogP contribution < -0.4 is 5.32 Å². The van der Waals surface area contributed by atoms with Gasteiger partial charge in [0.15, 0.2) is 5.82 Å². The zero-order valence-corrected chi connectivity index (χ0v) is 14.3. The van der Waals surface area contributed by atoms with E-state index in [4.69, 9.17) is 0 Å². The minimum Gasteiger partial charge on any atom is -0.324 e. The smallest absolute Gasteiger partial charge is 0.234 e. The zero-order valence-electron chi connectivity index (χ0n) is 11.9. The number of nitrogens with one attached hydrogen (secondary N) is 2. The van der Waals surface area contributed by atoms with Gasteiger partial charge in [0, 0.05) is 22.4 Å². The van der Waals surface area contributed by atoms with E-state index >= 15 is 0 Å². The highest BCUT2D eigenvalue weighted by molar-refractivity contribution is 9.10. The fourth-order valence-corrected chi connectivity index (χ4v) is 2.81. The van der Waals surface area contributed by atoms with E-state index in [9.17, 15) is 4.79 Å². The molecule has 0 aliphatic heterocycles. The second kappa shape index (κ2) is 7.38. The molecule has 8 heteroatoms. The van der Waals surface area contributed by atoms with Crippen LogP contribution in [-0.4, -0.2) is 31.8 Å². The predicted molar refractivity (Wildman–Crippen MR) is 93.1 cm³/mol. The van der Waals surface area contributed by atoms with Crippen LogP contribution in [0.4, 0.5) is 5.69 Å². The molecular formula is C15H12BrN5OS. The van der Waals surface area contributed by atoms with Crippen molar-refractivity contribution in [2.24, 2.45) is 0 Å². The molecular weight excluding hydrogens is 378 g/mol. The normalized spacial score (nSPS) is 10.5. The minimum atomic E-state index is -0.114. The van der Waals surface area contributed by atoms with Crippen LogP contribution in [-0.2, 0) is 4.79 Å². The molecule has 1 aromatic carbocycles. The summed E-state index contributed by atoms with van der Waals surface area (Å²) in [7, 11) is 0. The van der Waals surface area contributed by atoms with Crippen LogP contribution in [0.1, 0.15) is 0 Å². The summed E-state index contributed by atoms with van der Waals surface area (Å²) in [4.78, 5) is 20.3. The van der Waals surface area contributed by atoms with Crippen LogP contribution in [0, 0.1) is 0 Å². The molecule has 116 valence electrons. The van der Waals surface area contributed by atoms with Crippen LogP contribution in [0.3, 0.4) is 0 Å². The second-order valence-corrected chi connectivity index (χ2v) is 6.32. The summed E-state index contributed by atoms with van der Waals surface area (Å²) in [6.45, 7) is 0. The molecule has 0 spiro atoms. The maximum atomic E-state index is 12.0. The Morgan fingerprint density at radius 1 is 1.22 bits per heavy atom. The van der Waals surface area contributed by atoms with E-state index in [0.717, 1.165) is 15.7 Å². The number of carbonyl (C=O) groups is 1. The highest BCUT2D eigenvalue weighted by atomic mass is 79.9. The van der Waals surface area contributed by atoms with Gasteiger partial charge in [-0.15, -0.1) is 5.10 Å². The third kappa shape index (κ3) is 4.17. The molecule has 0 saturated carbocycles. The van der Waals surface area contributed by atoms with E-state index in [1.54, 1.807) is 12.4 Å². The minimum absolute atomic E-state index is 0.114. The molecule has 0 unspecified atom stereocenters. The van der Waals surface area contributed by atoms with Crippen LogP contribution in [0.2, 0.25) is 0 Å². The number of rotatable bonds is 5. The number of aromatic amines is 1. The lowest BCUT2D eigenvalue weighted by Crippen LogP contribution is -2.14. The van der Waals surface area contributed by atoms with Gasteiger partial charge < -0.3 is 5.32 Å². The van der Waals surface area contributed by atoms with E-state index in [1.807, 2.05) is 36.4 Å². The average molecular weight is 390 g/mol. The number of halogens is 1. The number of H-pyrrole nitrogens is 1. The standard InChI is InChI=1S/C15H12BrN5OS/c16-11-3-1-2-4-12(11)18-13(22)9-23-15-19-14(20-21-15)10-5-7-17-8-6-10/h1-8H,9H2,(H,18,22)(H,19,20,21). The number of thioether (sulfide) groups is 1. The number of hydrogen-bond donors (Lipinski definition) is 2. The number of para-hydroxylation sites is 1. The lowest BCUT2D eigenvalue weighted by Gasteiger charge is -2.05. The molecule has 0 fully saturated rings. The molecule has 0 aliphatic carbocycles. The third-order valence-corrected chi connectivity index (χ3v) is 4.44. The molecule has 1 amide bonds. The summed E-state index contributed by atoms with van der Waals surface area (Å²) in [5.74, 6) is 0.771. The fourth-order valence-electron chi connectivity index (χ4n) is 1.83. The van der Waals surface area contributed by atoms with Crippen LogP contribution in [0.5, 0.6) is 0 Å². The number of benzene rings is 1. The van der Waals surface area contributed by atoms with Gasteiger partial charge in [0.25, 0.3) is 0 Å². The molecule has 2 aromatic heterocycles. The van der Waals surface area contributed by atoms with Crippen molar-refractivity contribution in [2.75, 3.05) is 11.1 Å². The van der Waals surface area contributed by atoms with Gasteiger partial charge >= 0.3 is 0 Å². The summed E-state index contributed by atoms with van der Waals surface area (Å²) in [6, 6.07) is 11.1. The molecule has 0 saturated heterocycles. The Bertz CT molecular complexity index is 808. The van der Waals surface area contributed by atoms with Gasteiger partial charge in [-0.25, -0.2) is 4.98 Å². The lowest BCUT2D eigenvalue weighted by atomic mass is 10.3. The maximum absolute atomic E-state index is 12.0. The summed E-state index contributed by atoms with van der Waals surface area (Å²) < 4.78 is 0.844. The van der Waals surface area contributed by atoms with Crippen LogP contribution >= 0.6 is 27.7 Å². The summed E-state index contributed by atoms with van der Waals surface area (Å²) in [5.41, 5.74) is 1.64.